The second-order valence-corrected chi connectivity index (χ2v) is 13.2. The highest BCUT2D eigenvalue weighted by Crippen LogP contribution is 2.27. The number of carbonyl (C=O) groups excluding carboxylic acids is 4. The van der Waals surface area contributed by atoms with E-state index in [1.165, 1.54) is 13.8 Å². The van der Waals surface area contributed by atoms with Crippen molar-refractivity contribution in [3.05, 3.63) is 83.8 Å². The quantitative estimate of drug-likeness (QED) is 0.248. The average Bonchev–Trinajstić information content (AvgIpc) is 3.67. The van der Waals surface area contributed by atoms with Crippen LogP contribution in [0.5, 0.6) is 0 Å². The molecule has 12 nitrogen and oxygen atoms in total. The maximum Gasteiger partial charge on any atom is 0.408 e. The summed E-state index contributed by atoms with van der Waals surface area (Å²) in [5, 5.41) is 8.11. The Morgan fingerprint density at radius 2 is 1.52 bits per heavy atom. The third kappa shape index (κ3) is 10.1. The van der Waals surface area contributed by atoms with Gasteiger partial charge in [-0.2, -0.15) is 0 Å². The highest BCUT2D eigenvalue weighted by Gasteiger charge is 2.35. The van der Waals surface area contributed by atoms with Crippen molar-refractivity contribution in [2.45, 2.75) is 91.6 Å². The van der Waals surface area contributed by atoms with Crippen molar-refractivity contribution in [2.24, 2.45) is 0 Å². The number of carbonyl (C=O) groups is 4. The van der Waals surface area contributed by atoms with Gasteiger partial charge in [0.2, 0.25) is 11.8 Å². The van der Waals surface area contributed by atoms with Crippen LogP contribution in [0.4, 0.5) is 10.6 Å². The van der Waals surface area contributed by atoms with Crippen LogP contribution in [0.25, 0.3) is 0 Å². The summed E-state index contributed by atoms with van der Waals surface area (Å²) in [4.78, 5) is 59.6. The van der Waals surface area contributed by atoms with Crippen LogP contribution in [-0.2, 0) is 30.5 Å². The monoisotopic (exact) mass is 662 g/mol. The minimum atomic E-state index is -1.42. The van der Waals surface area contributed by atoms with Crippen molar-refractivity contribution in [1.29, 1.82) is 0 Å². The minimum Gasteiger partial charge on any atom is -0.444 e. The van der Waals surface area contributed by atoms with Crippen LogP contribution >= 0.6 is 0 Å². The topological polar surface area (TPSA) is 144 Å². The van der Waals surface area contributed by atoms with Gasteiger partial charge in [-0.3, -0.25) is 14.4 Å². The van der Waals surface area contributed by atoms with E-state index < -0.39 is 41.1 Å². The first-order valence-corrected chi connectivity index (χ1v) is 15.9. The smallest absolute Gasteiger partial charge is 0.408 e. The molecule has 12 heteroatoms. The van der Waals surface area contributed by atoms with E-state index >= 15 is 0 Å². The van der Waals surface area contributed by atoms with Gasteiger partial charge < -0.3 is 34.9 Å². The third-order valence-electron chi connectivity index (χ3n) is 7.73. The number of anilines is 1. The SMILES string of the molecule is C.Cc1c(NC(=O)[C@@H](COCc2ccccc2)NC(=O)C(C)(C)NC(=O)OC(C)(C)C)ncn1C(C(=O)N1CCCC1)c1ccccc1. The zero-order valence-electron chi connectivity index (χ0n) is 28.0. The van der Waals surface area contributed by atoms with Crippen LogP contribution in [0.1, 0.15) is 77.7 Å². The van der Waals surface area contributed by atoms with Gasteiger partial charge in [-0.05, 0) is 65.5 Å². The number of nitrogens with one attached hydrogen (secondary N) is 3. The zero-order valence-corrected chi connectivity index (χ0v) is 28.0. The molecule has 1 fully saturated rings. The number of likely N-dealkylation sites (tertiary alicyclic amines) is 1. The van der Waals surface area contributed by atoms with Crippen molar-refractivity contribution in [1.82, 2.24) is 25.1 Å². The lowest BCUT2D eigenvalue weighted by Crippen LogP contribution is -2.59. The number of ether oxygens (including phenoxy) is 2. The molecule has 260 valence electrons. The van der Waals surface area contributed by atoms with Gasteiger partial charge in [0.1, 0.15) is 23.2 Å². The Labute approximate surface area is 283 Å². The van der Waals surface area contributed by atoms with Crippen LogP contribution in [0.2, 0.25) is 0 Å². The standard InChI is InChI=1S/C35H46N6O6.CH4/c1-24-29(36-23-41(24)28(26-17-11-8-12-18-26)31(43)40-19-13-14-20-40)38-30(42)27(22-46-21-25-15-9-7-10-16-25)37-32(44)35(5,6)39-33(45)47-34(2,3)4;/h7-12,15-18,23,27-28H,13-14,19-22H2,1-6H3,(H,37,44)(H,38,42)(H,39,45);1H4/t27-,28?;/m1./s1. The fourth-order valence-electron chi connectivity index (χ4n) is 5.18. The Morgan fingerprint density at radius 1 is 0.917 bits per heavy atom. The number of hydrogen-bond acceptors (Lipinski definition) is 7. The van der Waals surface area contributed by atoms with E-state index in [0.717, 1.165) is 24.0 Å². The highest BCUT2D eigenvalue weighted by molar-refractivity contribution is 5.99. The minimum absolute atomic E-state index is 0. The van der Waals surface area contributed by atoms with Crippen LogP contribution in [0, 0.1) is 6.92 Å². The Kier molecular flexibility index (Phi) is 12.9. The number of aromatic nitrogens is 2. The van der Waals surface area contributed by atoms with E-state index in [1.807, 2.05) is 65.6 Å². The normalized spacial score (nSPS) is 14.3. The molecule has 4 amide bonds. The summed E-state index contributed by atoms with van der Waals surface area (Å²) in [6.07, 6.45) is 2.70. The lowest BCUT2D eigenvalue weighted by atomic mass is 10.0. The summed E-state index contributed by atoms with van der Waals surface area (Å²) in [6, 6.07) is 17.1. The van der Waals surface area contributed by atoms with Crippen molar-refractivity contribution in [3.8, 4) is 0 Å². The van der Waals surface area contributed by atoms with Gasteiger partial charge in [0.05, 0.1) is 25.2 Å². The van der Waals surface area contributed by atoms with E-state index in [2.05, 4.69) is 20.9 Å². The zero-order chi connectivity index (χ0) is 34.2. The lowest BCUT2D eigenvalue weighted by Gasteiger charge is -2.29. The molecule has 0 saturated carbocycles. The van der Waals surface area contributed by atoms with Gasteiger partial charge >= 0.3 is 6.09 Å². The second-order valence-electron chi connectivity index (χ2n) is 13.2. The maximum atomic E-state index is 13.7. The molecule has 1 aliphatic rings. The largest absolute Gasteiger partial charge is 0.444 e. The van der Waals surface area contributed by atoms with Gasteiger partial charge in [-0.25, -0.2) is 9.78 Å². The van der Waals surface area contributed by atoms with Crippen LogP contribution in [-0.4, -0.2) is 75.1 Å². The average molecular weight is 663 g/mol. The number of hydrogen-bond donors (Lipinski definition) is 3. The maximum absolute atomic E-state index is 13.7. The molecular weight excluding hydrogens is 612 g/mol. The number of benzene rings is 2. The molecule has 2 atom stereocenters. The molecule has 1 saturated heterocycles. The Morgan fingerprint density at radius 3 is 2.12 bits per heavy atom. The first-order valence-electron chi connectivity index (χ1n) is 15.9. The number of amides is 4. The van der Waals surface area contributed by atoms with E-state index in [4.69, 9.17) is 9.47 Å². The lowest BCUT2D eigenvalue weighted by molar-refractivity contribution is -0.132. The predicted molar refractivity (Wildman–Crippen MR) is 184 cm³/mol. The van der Waals surface area contributed by atoms with E-state index in [-0.39, 0.29) is 32.4 Å². The Balaban J connectivity index is 0.00000625. The molecule has 48 heavy (non-hydrogen) atoms. The Hall–Kier alpha value is -4.71. The van der Waals surface area contributed by atoms with E-state index in [9.17, 15) is 19.2 Å². The molecule has 3 aromatic rings. The van der Waals surface area contributed by atoms with Crippen molar-refractivity contribution < 1.29 is 28.7 Å². The van der Waals surface area contributed by atoms with Gasteiger partial charge in [-0.15, -0.1) is 0 Å². The second kappa shape index (κ2) is 16.4. The van der Waals surface area contributed by atoms with Crippen molar-refractivity contribution in [2.75, 3.05) is 25.0 Å². The molecular formula is C36H50N6O6. The van der Waals surface area contributed by atoms with Crippen LogP contribution < -0.4 is 16.0 Å². The molecule has 2 aromatic carbocycles. The van der Waals surface area contributed by atoms with Gasteiger partial charge in [0.15, 0.2) is 5.82 Å². The fourth-order valence-corrected chi connectivity index (χ4v) is 5.18. The molecule has 1 aromatic heterocycles. The van der Waals surface area contributed by atoms with Crippen molar-refractivity contribution >= 4 is 29.6 Å². The summed E-state index contributed by atoms with van der Waals surface area (Å²) >= 11 is 0. The summed E-state index contributed by atoms with van der Waals surface area (Å²) in [6.45, 7) is 11.4. The molecule has 2 heterocycles. The highest BCUT2D eigenvalue weighted by atomic mass is 16.6. The number of imidazole rings is 1. The molecule has 0 aliphatic carbocycles. The summed E-state index contributed by atoms with van der Waals surface area (Å²) < 4.78 is 12.9. The van der Waals surface area contributed by atoms with Crippen molar-refractivity contribution in [3.63, 3.8) is 0 Å². The third-order valence-corrected chi connectivity index (χ3v) is 7.73. The molecule has 0 spiro atoms. The molecule has 3 N–H and O–H groups in total. The van der Waals surface area contributed by atoms with E-state index in [1.54, 1.807) is 38.6 Å². The van der Waals surface area contributed by atoms with Gasteiger partial charge in [0, 0.05) is 13.1 Å². The Bertz CT molecular complexity index is 1530. The number of alkyl carbamates (subject to hydrolysis) is 1. The molecule has 1 aliphatic heterocycles. The van der Waals surface area contributed by atoms with Gasteiger partial charge in [-0.1, -0.05) is 68.1 Å². The molecule has 4 rings (SSSR count). The van der Waals surface area contributed by atoms with Gasteiger partial charge in [0.25, 0.3) is 5.91 Å². The fraction of sp³-hybridized carbons (Fsp3) is 0.472. The first kappa shape index (κ1) is 37.7. The summed E-state index contributed by atoms with van der Waals surface area (Å²) in [5.41, 5.74) is 0.0962. The predicted octanol–water partition coefficient (Wildman–Crippen LogP) is 4.98. The molecule has 0 bridgehead atoms. The molecule has 0 radical (unpaired) electrons. The number of rotatable bonds is 12. The van der Waals surface area contributed by atoms with Crippen LogP contribution in [0.3, 0.4) is 0 Å². The first-order chi connectivity index (χ1) is 22.2. The summed E-state index contributed by atoms with van der Waals surface area (Å²) in [5.74, 6) is -0.978. The van der Waals surface area contributed by atoms with E-state index in [0.29, 0.717) is 18.8 Å². The molecule has 1 unspecified atom stereocenters. The number of nitrogens with zero attached hydrogens (tertiary/aromatic N) is 3. The van der Waals surface area contributed by atoms with Crippen LogP contribution in [0.15, 0.2) is 67.0 Å². The summed E-state index contributed by atoms with van der Waals surface area (Å²) in [7, 11) is 0.